The van der Waals surface area contributed by atoms with Gasteiger partial charge in [-0.3, -0.25) is 0 Å². The fourth-order valence-corrected chi connectivity index (χ4v) is 1.53. The van der Waals surface area contributed by atoms with Crippen molar-refractivity contribution < 1.29 is 23.9 Å². The van der Waals surface area contributed by atoms with Gasteiger partial charge in [0.1, 0.15) is 0 Å². The second-order valence-electron chi connectivity index (χ2n) is 4.27. The Kier molecular flexibility index (Phi) is 4.38. The largest absolute Gasteiger partial charge is 0.524 e. The third-order valence-electron chi connectivity index (χ3n) is 2.64. The Labute approximate surface area is 125 Å². The Morgan fingerprint density at radius 2 is 0.955 bits per heavy atom. The molecule has 0 fully saturated rings. The van der Waals surface area contributed by atoms with Crippen LogP contribution in [0.25, 0.3) is 0 Å². The van der Waals surface area contributed by atoms with Gasteiger partial charge in [0.15, 0.2) is 0 Å². The van der Waals surface area contributed by atoms with Crippen molar-refractivity contribution in [2.75, 3.05) is 11.5 Å². The smallest absolute Gasteiger partial charge is 0.399 e. The molecule has 0 heterocycles. The number of rotatable bonds is 2. The molecule has 2 aromatic rings. The minimum atomic E-state index is -1.41. The molecule has 0 atom stereocenters. The van der Waals surface area contributed by atoms with Crippen molar-refractivity contribution in [1.29, 1.82) is 0 Å². The van der Waals surface area contributed by atoms with E-state index in [1.807, 2.05) is 0 Å². The van der Waals surface area contributed by atoms with Gasteiger partial charge in [0.25, 0.3) is 0 Å². The number of hydrogen-bond donors (Lipinski definition) is 2. The molecule has 0 amide bonds. The summed E-state index contributed by atoms with van der Waals surface area (Å²) in [4.78, 5) is 34.7. The molecule has 4 N–H and O–H groups in total. The van der Waals surface area contributed by atoms with E-state index in [0.717, 1.165) is 0 Å². The van der Waals surface area contributed by atoms with E-state index >= 15 is 0 Å². The van der Waals surface area contributed by atoms with Crippen LogP contribution in [0.2, 0.25) is 0 Å². The minimum Gasteiger partial charge on any atom is -0.399 e. The second kappa shape index (κ2) is 6.40. The normalized spacial score (nSPS) is 9.82. The third-order valence-corrected chi connectivity index (χ3v) is 2.64. The minimum absolute atomic E-state index is 0.103. The highest BCUT2D eigenvalue weighted by molar-refractivity contribution is 6.00. The first-order valence-electron chi connectivity index (χ1n) is 6.15. The standard InChI is InChI=1S/C15H12N2O5/c16-11-5-1-9(2-6-11)13(18)21-15(20)22-14(19)10-3-7-12(17)8-4-10/h1-8H,16-17H2. The highest BCUT2D eigenvalue weighted by atomic mass is 16.8. The maximum atomic E-state index is 11.6. The zero-order chi connectivity index (χ0) is 16.1. The number of nitrogens with two attached hydrogens (primary N) is 2. The first kappa shape index (κ1) is 15.0. The van der Waals surface area contributed by atoms with Gasteiger partial charge in [0.2, 0.25) is 0 Å². The molecule has 0 aliphatic heterocycles. The lowest BCUT2D eigenvalue weighted by atomic mass is 10.2. The van der Waals surface area contributed by atoms with Crippen molar-refractivity contribution in [3.63, 3.8) is 0 Å². The van der Waals surface area contributed by atoms with E-state index in [0.29, 0.717) is 11.4 Å². The maximum Gasteiger partial charge on any atom is 0.524 e. The van der Waals surface area contributed by atoms with E-state index in [1.54, 1.807) is 0 Å². The number of nitrogen functional groups attached to an aromatic ring is 2. The van der Waals surface area contributed by atoms with Crippen LogP contribution in [0, 0.1) is 0 Å². The Balaban J connectivity index is 1.95. The van der Waals surface area contributed by atoms with Gasteiger partial charge in [-0.25, -0.2) is 14.4 Å². The van der Waals surface area contributed by atoms with E-state index in [1.165, 1.54) is 48.5 Å². The molecule has 0 radical (unpaired) electrons. The molecule has 7 nitrogen and oxygen atoms in total. The van der Waals surface area contributed by atoms with Gasteiger partial charge < -0.3 is 20.9 Å². The van der Waals surface area contributed by atoms with Gasteiger partial charge in [0.05, 0.1) is 11.1 Å². The summed E-state index contributed by atoms with van der Waals surface area (Å²) in [5, 5.41) is 0. The first-order valence-corrected chi connectivity index (χ1v) is 6.15. The lowest BCUT2D eigenvalue weighted by Crippen LogP contribution is -2.18. The van der Waals surface area contributed by atoms with E-state index < -0.39 is 18.1 Å². The molecule has 2 aromatic carbocycles. The Morgan fingerprint density at radius 1 is 0.636 bits per heavy atom. The highest BCUT2D eigenvalue weighted by Crippen LogP contribution is 2.09. The van der Waals surface area contributed by atoms with Crippen LogP contribution in [0.1, 0.15) is 20.7 Å². The van der Waals surface area contributed by atoms with E-state index in [9.17, 15) is 14.4 Å². The van der Waals surface area contributed by atoms with Gasteiger partial charge in [-0.05, 0) is 48.5 Å². The van der Waals surface area contributed by atoms with Crippen LogP contribution in [0.5, 0.6) is 0 Å². The molecule has 0 aliphatic carbocycles. The van der Waals surface area contributed by atoms with Crippen molar-refractivity contribution in [3.05, 3.63) is 59.7 Å². The molecule has 0 saturated carbocycles. The zero-order valence-corrected chi connectivity index (χ0v) is 11.3. The van der Waals surface area contributed by atoms with Gasteiger partial charge >= 0.3 is 18.1 Å². The zero-order valence-electron chi connectivity index (χ0n) is 11.3. The van der Waals surface area contributed by atoms with Gasteiger partial charge in [0, 0.05) is 11.4 Å². The van der Waals surface area contributed by atoms with Gasteiger partial charge in [-0.2, -0.15) is 0 Å². The number of anilines is 2. The molecule has 7 heteroatoms. The monoisotopic (exact) mass is 300 g/mol. The third kappa shape index (κ3) is 3.83. The SMILES string of the molecule is Nc1ccc(C(=O)OC(=O)OC(=O)c2ccc(N)cc2)cc1. The van der Waals surface area contributed by atoms with Crippen molar-refractivity contribution in [1.82, 2.24) is 0 Å². The molecular formula is C15H12N2O5. The highest BCUT2D eigenvalue weighted by Gasteiger charge is 2.18. The second-order valence-corrected chi connectivity index (χ2v) is 4.27. The van der Waals surface area contributed by atoms with Crippen LogP contribution in [0.4, 0.5) is 16.2 Å². The van der Waals surface area contributed by atoms with Crippen LogP contribution in [0.15, 0.2) is 48.5 Å². The fraction of sp³-hybridized carbons (Fsp3) is 0. The van der Waals surface area contributed by atoms with Crippen molar-refractivity contribution in [2.45, 2.75) is 0 Å². The summed E-state index contributed by atoms with van der Waals surface area (Å²) >= 11 is 0. The van der Waals surface area contributed by atoms with E-state index in [-0.39, 0.29) is 11.1 Å². The van der Waals surface area contributed by atoms with Crippen LogP contribution >= 0.6 is 0 Å². The maximum absolute atomic E-state index is 11.6. The molecule has 0 aromatic heterocycles. The number of esters is 2. The van der Waals surface area contributed by atoms with Gasteiger partial charge in [-0.15, -0.1) is 0 Å². The summed E-state index contributed by atoms with van der Waals surface area (Å²) in [5.41, 5.74) is 12.1. The lowest BCUT2D eigenvalue weighted by molar-refractivity contribution is 0.0338. The summed E-state index contributed by atoms with van der Waals surface area (Å²) in [6.07, 6.45) is -1.41. The molecule has 0 bridgehead atoms. The molecule has 2 rings (SSSR count). The first-order chi connectivity index (χ1) is 10.5. The number of hydrogen-bond acceptors (Lipinski definition) is 7. The fourth-order valence-electron chi connectivity index (χ4n) is 1.53. The van der Waals surface area contributed by atoms with Crippen LogP contribution in [-0.4, -0.2) is 18.1 Å². The number of carbonyl (C=O) groups excluding carboxylic acids is 3. The molecule has 22 heavy (non-hydrogen) atoms. The predicted octanol–water partition coefficient (Wildman–Crippen LogP) is 1.98. The van der Waals surface area contributed by atoms with Crippen LogP contribution in [-0.2, 0) is 9.47 Å². The van der Waals surface area contributed by atoms with Crippen molar-refractivity contribution >= 4 is 29.5 Å². The number of carbonyl (C=O) groups is 3. The Bertz CT molecular complexity index is 646. The lowest BCUT2D eigenvalue weighted by Gasteiger charge is -2.04. The van der Waals surface area contributed by atoms with E-state index in [4.69, 9.17) is 11.5 Å². The van der Waals surface area contributed by atoms with Crippen LogP contribution in [0.3, 0.4) is 0 Å². The predicted molar refractivity (Wildman–Crippen MR) is 77.9 cm³/mol. The van der Waals surface area contributed by atoms with Gasteiger partial charge in [-0.1, -0.05) is 0 Å². The summed E-state index contributed by atoms with van der Waals surface area (Å²) in [6.45, 7) is 0. The summed E-state index contributed by atoms with van der Waals surface area (Å²) in [5.74, 6) is -1.90. The van der Waals surface area contributed by atoms with E-state index in [2.05, 4.69) is 9.47 Å². The molecule has 0 unspecified atom stereocenters. The summed E-state index contributed by atoms with van der Waals surface area (Å²) < 4.78 is 8.81. The van der Waals surface area contributed by atoms with Crippen molar-refractivity contribution in [3.8, 4) is 0 Å². The Hall–Kier alpha value is -3.35. The average molecular weight is 300 g/mol. The molecule has 0 aliphatic rings. The average Bonchev–Trinajstić information content (AvgIpc) is 2.48. The van der Waals surface area contributed by atoms with Crippen molar-refractivity contribution in [2.24, 2.45) is 0 Å². The number of ether oxygens (including phenoxy) is 2. The molecule has 112 valence electrons. The van der Waals surface area contributed by atoms with Crippen LogP contribution < -0.4 is 11.5 Å². The molecule has 0 saturated heterocycles. The topological polar surface area (TPSA) is 122 Å². The molecular weight excluding hydrogens is 288 g/mol. The summed E-state index contributed by atoms with van der Waals surface area (Å²) in [7, 11) is 0. The number of benzene rings is 2. The quantitative estimate of drug-likeness (QED) is 0.494. The summed E-state index contributed by atoms with van der Waals surface area (Å²) in [6, 6.07) is 11.4. The Morgan fingerprint density at radius 3 is 1.27 bits per heavy atom. The molecule has 0 spiro atoms.